The maximum absolute atomic E-state index is 13.0. The fraction of sp³-hybridized carbons (Fsp3) is 0.235. The number of halogens is 1. The van der Waals surface area contributed by atoms with Crippen molar-refractivity contribution in [2.24, 2.45) is 0 Å². The van der Waals surface area contributed by atoms with Crippen molar-refractivity contribution in [1.29, 1.82) is 0 Å². The van der Waals surface area contributed by atoms with Crippen molar-refractivity contribution in [1.82, 2.24) is 5.32 Å². The molecule has 0 unspecified atom stereocenters. The standard InChI is InChI=1S/C17H19ClN2O3S/c1-3-19-17(21)12-20(14-10-9-13(2)16(18)11-14)24(22,23)15-7-5-4-6-8-15/h4-11H,3,12H2,1-2H3,(H,19,21). The van der Waals surface area contributed by atoms with Crippen molar-refractivity contribution in [3.05, 3.63) is 59.1 Å². The van der Waals surface area contributed by atoms with Gasteiger partial charge in [0.1, 0.15) is 6.54 Å². The molecule has 0 bridgehead atoms. The zero-order valence-corrected chi connectivity index (χ0v) is 15.1. The lowest BCUT2D eigenvalue weighted by molar-refractivity contribution is -0.119. The number of aryl methyl sites for hydroxylation is 1. The van der Waals surface area contributed by atoms with Crippen LogP contribution in [0.3, 0.4) is 0 Å². The molecule has 0 aliphatic carbocycles. The first-order chi connectivity index (χ1) is 11.4. The third-order valence-electron chi connectivity index (χ3n) is 3.44. The number of sulfonamides is 1. The second-order valence-corrected chi connectivity index (χ2v) is 7.48. The second-order valence-electron chi connectivity index (χ2n) is 5.21. The molecule has 5 nitrogen and oxygen atoms in total. The predicted molar refractivity (Wildman–Crippen MR) is 95.8 cm³/mol. The van der Waals surface area contributed by atoms with E-state index in [9.17, 15) is 13.2 Å². The number of hydrogen-bond donors (Lipinski definition) is 1. The lowest BCUT2D eigenvalue weighted by Crippen LogP contribution is -2.40. The van der Waals surface area contributed by atoms with Gasteiger partial charge < -0.3 is 5.32 Å². The van der Waals surface area contributed by atoms with E-state index in [-0.39, 0.29) is 17.3 Å². The smallest absolute Gasteiger partial charge is 0.264 e. The summed E-state index contributed by atoms with van der Waals surface area (Å²) in [4.78, 5) is 12.1. The van der Waals surface area contributed by atoms with Crippen LogP contribution in [0.25, 0.3) is 0 Å². The number of amides is 1. The number of hydrogen-bond acceptors (Lipinski definition) is 3. The number of nitrogens with one attached hydrogen (secondary N) is 1. The largest absolute Gasteiger partial charge is 0.355 e. The maximum atomic E-state index is 13.0. The molecule has 0 saturated carbocycles. The summed E-state index contributed by atoms with van der Waals surface area (Å²) in [7, 11) is -3.88. The summed E-state index contributed by atoms with van der Waals surface area (Å²) >= 11 is 6.13. The van der Waals surface area contributed by atoms with Crippen molar-refractivity contribution in [2.45, 2.75) is 18.7 Å². The molecule has 0 aliphatic heterocycles. The lowest BCUT2D eigenvalue weighted by Gasteiger charge is -2.24. The number of carbonyl (C=O) groups is 1. The molecule has 0 radical (unpaired) electrons. The molecule has 0 atom stereocenters. The Balaban J connectivity index is 2.50. The number of nitrogens with zero attached hydrogens (tertiary/aromatic N) is 1. The van der Waals surface area contributed by atoms with Gasteiger partial charge >= 0.3 is 0 Å². The van der Waals surface area contributed by atoms with Crippen molar-refractivity contribution < 1.29 is 13.2 Å². The molecular formula is C17H19ClN2O3S. The Hall–Kier alpha value is -2.05. The van der Waals surface area contributed by atoms with Gasteiger partial charge in [0.2, 0.25) is 5.91 Å². The number of carbonyl (C=O) groups excluding carboxylic acids is 1. The molecule has 0 spiro atoms. The number of anilines is 1. The summed E-state index contributed by atoms with van der Waals surface area (Å²) < 4.78 is 27.0. The molecule has 0 fully saturated rings. The van der Waals surface area contributed by atoms with Crippen LogP contribution < -0.4 is 9.62 Å². The van der Waals surface area contributed by atoms with E-state index in [1.54, 1.807) is 43.3 Å². The van der Waals surface area contributed by atoms with E-state index in [0.717, 1.165) is 9.87 Å². The van der Waals surface area contributed by atoms with E-state index in [1.807, 2.05) is 6.92 Å². The summed E-state index contributed by atoms with van der Waals surface area (Å²) in [6.07, 6.45) is 0. The Kier molecular flexibility index (Phi) is 5.85. The highest BCUT2D eigenvalue weighted by Crippen LogP contribution is 2.27. The van der Waals surface area contributed by atoms with Gasteiger partial charge in [0.25, 0.3) is 10.0 Å². The molecule has 24 heavy (non-hydrogen) atoms. The lowest BCUT2D eigenvalue weighted by atomic mass is 10.2. The fourth-order valence-corrected chi connectivity index (χ4v) is 3.76. The van der Waals surface area contributed by atoms with Gasteiger partial charge in [-0.15, -0.1) is 0 Å². The Morgan fingerprint density at radius 1 is 1.17 bits per heavy atom. The quantitative estimate of drug-likeness (QED) is 0.854. The van der Waals surface area contributed by atoms with Gasteiger partial charge in [-0.2, -0.15) is 0 Å². The number of benzene rings is 2. The molecule has 7 heteroatoms. The minimum absolute atomic E-state index is 0.117. The zero-order valence-electron chi connectivity index (χ0n) is 13.5. The highest BCUT2D eigenvalue weighted by molar-refractivity contribution is 7.92. The van der Waals surface area contributed by atoms with Crippen LogP contribution in [0.2, 0.25) is 5.02 Å². The predicted octanol–water partition coefficient (Wildman–Crippen LogP) is 2.98. The van der Waals surface area contributed by atoms with Crippen LogP contribution >= 0.6 is 11.6 Å². The van der Waals surface area contributed by atoms with E-state index >= 15 is 0 Å². The molecule has 0 aromatic heterocycles. The van der Waals surface area contributed by atoms with Crippen LogP contribution in [-0.2, 0) is 14.8 Å². The molecule has 2 aromatic rings. The van der Waals surface area contributed by atoms with Gasteiger partial charge in [-0.05, 0) is 43.7 Å². The highest BCUT2D eigenvalue weighted by Gasteiger charge is 2.27. The molecule has 2 rings (SSSR count). The van der Waals surface area contributed by atoms with E-state index in [4.69, 9.17) is 11.6 Å². The van der Waals surface area contributed by atoms with Crippen molar-refractivity contribution in [3.63, 3.8) is 0 Å². The van der Waals surface area contributed by atoms with E-state index in [2.05, 4.69) is 5.32 Å². The third kappa shape index (κ3) is 4.07. The van der Waals surface area contributed by atoms with Crippen LogP contribution in [0.15, 0.2) is 53.4 Å². The van der Waals surface area contributed by atoms with Gasteiger partial charge in [0.15, 0.2) is 0 Å². The second kappa shape index (κ2) is 7.68. The molecular weight excluding hydrogens is 348 g/mol. The topological polar surface area (TPSA) is 66.5 Å². The summed E-state index contributed by atoms with van der Waals surface area (Å²) in [6, 6.07) is 12.9. The summed E-state index contributed by atoms with van der Waals surface area (Å²) in [5.41, 5.74) is 1.18. The SMILES string of the molecule is CCNC(=O)CN(c1ccc(C)c(Cl)c1)S(=O)(=O)c1ccccc1. The fourth-order valence-electron chi connectivity index (χ4n) is 2.16. The minimum atomic E-state index is -3.88. The minimum Gasteiger partial charge on any atom is -0.355 e. The van der Waals surface area contributed by atoms with E-state index < -0.39 is 10.0 Å². The molecule has 1 N–H and O–H groups in total. The van der Waals surface area contributed by atoms with Crippen LogP contribution in [0.1, 0.15) is 12.5 Å². The Morgan fingerprint density at radius 3 is 2.42 bits per heavy atom. The first kappa shape index (κ1) is 18.3. The third-order valence-corrected chi connectivity index (χ3v) is 5.63. The van der Waals surface area contributed by atoms with E-state index in [1.165, 1.54) is 12.1 Å². The van der Waals surface area contributed by atoms with Gasteiger partial charge in [0.05, 0.1) is 10.6 Å². The first-order valence-electron chi connectivity index (χ1n) is 7.47. The molecule has 0 saturated heterocycles. The van der Waals surface area contributed by atoms with Gasteiger partial charge in [-0.3, -0.25) is 9.10 Å². The summed E-state index contributed by atoms with van der Waals surface area (Å²) in [5, 5.41) is 3.06. The summed E-state index contributed by atoms with van der Waals surface area (Å²) in [6.45, 7) is 3.71. The Labute approximate surface area is 147 Å². The summed E-state index contributed by atoms with van der Waals surface area (Å²) in [5.74, 6) is -0.381. The first-order valence-corrected chi connectivity index (χ1v) is 9.28. The van der Waals surface area contributed by atoms with Crippen molar-refractivity contribution in [2.75, 3.05) is 17.4 Å². The van der Waals surface area contributed by atoms with Crippen molar-refractivity contribution in [3.8, 4) is 0 Å². The number of rotatable bonds is 6. The van der Waals surface area contributed by atoms with Crippen LogP contribution in [-0.4, -0.2) is 27.4 Å². The van der Waals surface area contributed by atoms with Crippen LogP contribution in [0.5, 0.6) is 0 Å². The Morgan fingerprint density at radius 2 is 1.83 bits per heavy atom. The molecule has 128 valence electrons. The average Bonchev–Trinajstić information content (AvgIpc) is 2.56. The van der Waals surface area contributed by atoms with Crippen LogP contribution in [0.4, 0.5) is 5.69 Å². The normalized spacial score (nSPS) is 11.1. The molecule has 0 aliphatic rings. The van der Waals surface area contributed by atoms with Gasteiger partial charge in [-0.1, -0.05) is 35.9 Å². The van der Waals surface area contributed by atoms with Gasteiger partial charge in [-0.25, -0.2) is 8.42 Å². The monoisotopic (exact) mass is 366 g/mol. The number of likely N-dealkylation sites (N-methyl/N-ethyl adjacent to an activating group) is 1. The molecule has 0 heterocycles. The molecule has 1 amide bonds. The molecule has 2 aromatic carbocycles. The highest BCUT2D eigenvalue weighted by atomic mass is 35.5. The zero-order chi connectivity index (χ0) is 17.7. The van der Waals surface area contributed by atoms with E-state index in [0.29, 0.717) is 17.3 Å². The average molecular weight is 367 g/mol. The van der Waals surface area contributed by atoms with Crippen LogP contribution in [0, 0.1) is 6.92 Å². The maximum Gasteiger partial charge on any atom is 0.264 e. The Bertz CT molecular complexity index is 823. The van der Waals surface area contributed by atoms with Crippen molar-refractivity contribution >= 4 is 33.2 Å². The van der Waals surface area contributed by atoms with Gasteiger partial charge in [0, 0.05) is 11.6 Å².